The Morgan fingerprint density at radius 2 is 2.13 bits per heavy atom. The highest BCUT2D eigenvalue weighted by atomic mass is 16.5. The predicted molar refractivity (Wildman–Crippen MR) is 58.0 cm³/mol. The molecule has 1 saturated carbocycles. The van der Waals surface area contributed by atoms with Crippen LogP contribution in [0.1, 0.15) is 25.7 Å². The summed E-state index contributed by atoms with van der Waals surface area (Å²) >= 11 is 0. The van der Waals surface area contributed by atoms with Crippen molar-refractivity contribution >= 4 is 5.91 Å². The molecule has 84 valence electrons. The van der Waals surface area contributed by atoms with Gasteiger partial charge in [0.2, 0.25) is 0 Å². The van der Waals surface area contributed by atoms with E-state index in [1.165, 1.54) is 0 Å². The van der Waals surface area contributed by atoms with Gasteiger partial charge in [-0.2, -0.15) is 0 Å². The largest absolute Gasteiger partial charge is 0.376 e. The number of nitrogens with one attached hydrogen (secondary N) is 1. The first-order chi connectivity index (χ1) is 7.22. The zero-order chi connectivity index (χ0) is 11.1. The maximum atomic E-state index is 10.7. The van der Waals surface area contributed by atoms with Crippen LogP contribution in [0, 0.1) is 12.3 Å². The maximum absolute atomic E-state index is 10.7. The van der Waals surface area contributed by atoms with E-state index in [1.807, 2.05) is 5.92 Å². The van der Waals surface area contributed by atoms with Crippen molar-refractivity contribution in [1.82, 2.24) is 5.32 Å². The molecule has 0 heterocycles. The summed E-state index contributed by atoms with van der Waals surface area (Å²) in [7, 11) is 0. The van der Waals surface area contributed by atoms with E-state index in [2.05, 4.69) is 5.32 Å². The first-order valence-electron chi connectivity index (χ1n) is 5.34. The second-order valence-corrected chi connectivity index (χ2v) is 3.81. The SMILES string of the molecule is C#CC(=O)NCCOC1CCC(N)CC1. The van der Waals surface area contributed by atoms with Gasteiger partial charge < -0.3 is 15.8 Å². The summed E-state index contributed by atoms with van der Waals surface area (Å²) in [5.41, 5.74) is 5.77. The Hall–Kier alpha value is -1.05. The molecule has 0 unspecified atom stereocenters. The molecule has 1 fully saturated rings. The summed E-state index contributed by atoms with van der Waals surface area (Å²) < 4.78 is 5.59. The van der Waals surface area contributed by atoms with Crippen LogP contribution >= 0.6 is 0 Å². The van der Waals surface area contributed by atoms with Crippen molar-refractivity contribution in [2.75, 3.05) is 13.2 Å². The van der Waals surface area contributed by atoms with E-state index in [1.54, 1.807) is 0 Å². The summed E-state index contributed by atoms with van der Waals surface area (Å²) in [5, 5.41) is 2.56. The summed E-state index contributed by atoms with van der Waals surface area (Å²) in [6.45, 7) is 0.999. The standard InChI is InChI=1S/C11H18N2O2/c1-2-11(14)13-7-8-15-10-5-3-9(12)4-6-10/h1,9-10H,3-8,12H2,(H,13,14). The number of amides is 1. The minimum Gasteiger partial charge on any atom is -0.376 e. The zero-order valence-electron chi connectivity index (χ0n) is 8.87. The number of nitrogens with two attached hydrogens (primary N) is 1. The molecule has 1 amide bonds. The quantitative estimate of drug-likeness (QED) is 0.508. The van der Waals surface area contributed by atoms with Gasteiger partial charge in [0, 0.05) is 12.6 Å². The zero-order valence-corrected chi connectivity index (χ0v) is 8.87. The Labute approximate surface area is 90.5 Å². The first-order valence-corrected chi connectivity index (χ1v) is 5.34. The average Bonchev–Trinajstić information content (AvgIpc) is 2.26. The summed E-state index contributed by atoms with van der Waals surface area (Å²) in [4.78, 5) is 10.7. The molecule has 0 spiro atoms. The van der Waals surface area contributed by atoms with Crippen LogP contribution in [0.5, 0.6) is 0 Å². The molecule has 0 aromatic carbocycles. The van der Waals surface area contributed by atoms with Gasteiger partial charge in [-0.1, -0.05) is 0 Å². The van der Waals surface area contributed by atoms with E-state index >= 15 is 0 Å². The van der Waals surface area contributed by atoms with Crippen LogP contribution in [0.4, 0.5) is 0 Å². The lowest BCUT2D eigenvalue weighted by molar-refractivity contribution is -0.116. The van der Waals surface area contributed by atoms with E-state index in [0.717, 1.165) is 25.7 Å². The molecule has 0 atom stereocenters. The van der Waals surface area contributed by atoms with E-state index in [4.69, 9.17) is 16.9 Å². The van der Waals surface area contributed by atoms with Crippen molar-refractivity contribution in [2.24, 2.45) is 5.73 Å². The molecule has 0 saturated heterocycles. The minimum absolute atomic E-state index is 0.299. The smallest absolute Gasteiger partial charge is 0.295 e. The van der Waals surface area contributed by atoms with Crippen LogP contribution < -0.4 is 11.1 Å². The van der Waals surface area contributed by atoms with Gasteiger partial charge in [0.15, 0.2) is 0 Å². The topological polar surface area (TPSA) is 64.3 Å². The van der Waals surface area contributed by atoms with Gasteiger partial charge in [-0.15, -0.1) is 6.42 Å². The number of rotatable bonds is 4. The van der Waals surface area contributed by atoms with Crippen LogP contribution in [-0.4, -0.2) is 31.2 Å². The third kappa shape index (κ3) is 4.82. The molecule has 15 heavy (non-hydrogen) atoms. The van der Waals surface area contributed by atoms with Gasteiger partial charge in [-0.25, -0.2) is 0 Å². The second kappa shape index (κ2) is 6.44. The molecule has 1 rings (SSSR count). The van der Waals surface area contributed by atoms with Crippen LogP contribution in [-0.2, 0) is 9.53 Å². The van der Waals surface area contributed by atoms with Gasteiger partial charge in [0.05, 0.1) is 12.7 Å². The van der Waals surface area contributed by atoms with Gasteiger partial charge in [-0.3, -0.25) is 4.79 Å². The Bertz CT molecular complexity index is 239. The molecule has 0 radical (unpaired) electrons. The molecule has 1 aliphatic rings. The molecule has 0 aromatic rings. The lowest BCUT2D eigenvalue weighted by atomic mass is 9.94. The highest BCUT2D eigenvalue weighted by molar-refractivity contribution is 5.92. The third-order valence-corrected chi connectivity index (χ3v) is 2.59. The van der Waals surface area contributed by atoms with E-state index in [-0.39, 0.29) is 5.91 Å². The van der Waals surface area contributed by atoms with E-state index in [0.29, 0.717) is 25.3 Å². The molecule has 0 aliphatic heterocycles. The van der Waals surface area contributed by atoms with Crippen molar-refractivity contribution in [3.05, 3.63) is 0 Å². The van der Waals surface area contributed by atoms with Crippen molar-refractivity contribution in [2.45, 2.75) is 37.8 Å². The Kier molecular flexibility index (Phi) is 5.16. The van der Waals surface area contributed by atoms with E-state index in [9.17, 15) is 4.79 Å². The van der Waals surface area contributed by atoms with Crippen LogP contribution in [0.2, 0.25) is 0 Å². The minimum atomic E-state index is -0.385. The van der Waals surface area contributed by atoms with Crippen molar-refractivity contribution < 1.29 is 9.53 Å². The summed E-state index contributed by atoms with van der Waals surface area (Å²) in [6.07, 6.45) is 9.29. The average molecular weight is 210 g/mol. The number of carbonyl (C=O) groups is 1. The molecule has 1 aliphatic carbocycles. The van der Waals surface area contributed by atoms with Crippen LogP contribution in [0.15, 0.2) is 0 Å². The van der Waals surface area contributed by atoms with E-state index < -0.39 is 0 Å². The number of hydrogen-bond donors (Lipinski definition) is 2. The predicted octanol–water partition coefficient (Wildman–Crippen LogP) is 0.0223. The maximum Gasteiger partial charge on any atom is 0.295 e. The fraction of sp³-hybridized carbons (Fsp3) is 0.727. The molecular weight excluding hydrogens is 192 g/mol. The molecule has 3 N–H and O–H groups in total. The molecule has 4 heteroatoms. The lowest BCUT2D eigenvalue weighted by Gasteiger charge is -2.26. The second-order valence-electron chi connectivity index (χ2n) is 3.81. The molecule has 4 nitrogen and oxygen atoms in total. The van der Waals surface area contributed by atoms with Crippen molar-refractivity contribution in [3.8, 4) is 12.3 Å². The Morgan fingerprint density at radius 1 is 1.47 bits per heavy atom. The Balaban J connectivity index is 2.01. The summed E-state index contributed by atoms with van der Waals surface area (Å²) in [6, 6.07) is 0.339. The highest BCUT2D eigenvalue weighted by Gasteiger charge is 2.18. The highest BCUT2D eigenvalue weighted by Crippen LogP contribution is 2.19. The summed E-state index contributed by atoms with van der Waals surface area (Å²) in [5.74, 6) is 1.60. The third-order valence-electron chi connectivity index (χ3n) is 2.59. The van der Waals surface area contributed by atoms with Crippen molar-refractivity contribution in [3.63, 3.8) is 0 Å². The normalized spacial score (nSPS) is 25.6. The number of hydrogen-bond acceptors (Lipinski definition) is 3. The fourth-order valence-electron chi connectivity index (χ4n) is 1.70. The van der Waals surface area contributed by atoms with Crippen LogP contribution in [0.25, 0.3) is 0 Å². The van der Waals surface area contributed by atoms with Gasteiger partial charge >= 0.3 is 0 Å². The van der Waals surface area contributed by atoms with Crippen LogP contribution in [0.3, 0.4) is 0 Å². The van der Waals surface area contributed by atoms with Gasteiger partial charge in [-0.05, 0) is 31.6 Å². The first kappa shape index (κ1) is 12.0. The number of terminal acetylenes is 1. The van der Waals surface area contributed by atoms with Crippen molar-refractivity contribution in [1.29, 1.82) is 0 Å². The van der Waals surface area contributed by atoms with Gasteiger partial charge in [0.25, 0.3) is 5.91 Å². The molecule has 0 aromatic heterocycles. The monoisotopic (exact) mass is 210 g/mol. The molecule has 0 bridgehead atoms. The Morgan fingerprint density at radius 3 is 2.73 bits per heavy atom. The fourth-order valence-corrected chi connectivity index (χ4v) is 1.70. The number of ether oxygens (including phenoxy) is 1. The number of carbonyl (C=O) groups excluding carboxylic acids is 1. The lowest BCUT2D eigenvalue weighted by Crippen LogP contribution is -2.32. The molecular formula is C11H18N2O2. The van der Waals surface area contributed by atoms with Gasteiger partial charge in [0.1, 0.15) is 0 Å².